The van der Waals surface area contributed by atoms with Crippen LogP contribution in [-0.4, -0.2) is 7.11 Å². The Balaban J connectivity index is 1.38. The van der Waals surface area contributed by atoms with Gasteiger partial charge in [-0.3, -0.25) is 0 Å². The Morgan fingerprint density at radius 3 is 2.48 bits per heavy atom. The third-order valence-corrected chi connectivity index (χ3v) is 6.79. The van der Waals surface area contributed by atoms with Crippen LogP contribution < -0.4 is 14.8 Å². The Hall–Kier alpha value is -2.62. The largest absolute Gasteiger partial charge is 0.495 e. The molecule has 1 heterocycles. The number of anilines is 1. The quantitative estimate of drug-likeness (QED) is 0.409. The minimum Gasteiger partial charge on any atom is -0.495 e. The van der Waals surface area contributed by atoms with Crippen molar-refractivity contribution in [1.29, 1.82) is 0 Å². The Labute approximate surface area is 192 Å². The Morgan fingerprint density at radius 2 is 1.74 bits per heavy atom. The zero-order valence-electron chi connectivity index (χ0n) is 17.1. The first-order valence-corrected chi connectivity index (χ1v) is 11.2. The Bertz CT molecular complexity index is 1110. The molecule has 5 heteroatoms. The smallest absolute Gasteiger partial charge is 0.142 e. The molecule has 0 radical (unpaired) electrons. The number of rotatable bonds is 5. The molecule has 31 heavy (non-hydrogen) atoms. The summed E-state index contributed by atoms with van der Waals surface area (Å²) < 4.78 is 11.6. The maximum atomic E-state index is 6.59. The van der Waals surface area contributed by atoms with Crippen LogP contribution in [0, 0.1) is 5.92 Å². The van der Waals surface area contributed by atoms with Gasteiger partial charge in [-0.25, -0.2) is 0 Å². The third-order valence-electron chi connectivity index (χ3n) is 6.21. The van der Waals surface area contributed by atoms with Gasteiger partial charge in [0.1, 0.15) is 18.1 Å². The molecule has 0 saturated heterocycles. The third kappa shape index (κ3) is 3.88. The van der Waals surface area contributed by atoms with Crippen LogP contribution in [0.5, 0.6) is 11.5 Å². The zero-order valence-corrected chi connectivity index (χ0v) is 18.7. The van der Waals surface area contributed by atoms with Crippen molar-refractivity contribution in [3.05, 3.63) is 99.6 Å². The van der Waals surface area contributed by atoms with Crippen molar-refractivity contribution in [2.24, 2.45) is 5.92 Å². The van der Waals surface area contributed by atoms with Crippen LogP contribution in [-0.2, 0) is 6.61 Å². The van der Waals surface area contributed by atoms with Crippen LogP contribution in [0.3, 0.4) is 0 Å². The highest BCUT2D eigenvalue weighted by Gasteiger charge is 2.40. The van der Waals surface area contributed by atoms with Crippen molar-refractivity contribution < 1.29 is 9.47 Å². The van der Waals surface area contributed by atoms with Gasteiger partial charge in [0.25, 0.3) is 0 Å². The molecule has 0 amide bonds. The van der Waals surface area contributed by atoms with Gasteiger partial charge in [-0.2, -0.15) is 0 Å². The van der Waals surface area contributed by atoms with E-state index in [1.165, 1.54) is 5.56 Å². The number of fused-ring (bicyclic) bond motifs is 3. The number of methoxy groups -OCH3 is 1. The van der Waals surface area contributed by atoms with Gasteiger partial charge in [0.05, 0.1) is 18.8 Å². The van der Waals surface area contributed by atoms with Crippen LogP contribution >= 0.6 is 23.2 Å². The van der Waals surface area contributed by atoms with E-state index in [1.54, 1.807) is 7.11 Å². The van der Waals surface area contributed by atoms with Crippen molar-refractivity contribution >= 4 is 28.9 Å². The summed E-state index contributed by atoms with van der Waals surface area (Å²) in [5, 5.41) is 5.24. The molecule has 5 rings (SSSR count). The van der Waals surface area contributed by atoms with E-state index in [-0.39, 0.29) is 12.0 Å². The van der Waals surface area contributed by atoms with Crippen molar-refractivity contribution in [1.82, 2.24) is 0 Å². The molecule has 1 aliphatic heterocycles. The van der Waals surface area contributed by atoms with Crippen LogP contribution in [0.1, 0.15) is 35.1 Å². The molecule has 3 nitrogen and oxygen atoms in total. The van der Waals surface area contributed by atoms with Crippen LogP contribution in [0.25, 0.3) is 0 Å². The summed E-state index contributed by atoms with van der Waals surface area (Å²) >= 11 is 12.5. The number of hydrogen-bond donors (Lipinski definition) is 1. The van der Waals surface area contributed by atoms with E-state index in [0.717, 1.165) is 44.8 Å². The van der Waals surface area contributed by atoms with E-state index in [4.69, 9.17) is 32.7 Å². The van der Waals surface area contributed by atoms with Gasteiger partial charge >= 0.3 is 0 Å². The SMILES string of the molecule is COc1ccc(Cl)c2c1N[C@H](c1ccc(OCc3ccc(Cl)cc3)cc1)C1CC=CC21. The van der Waals surface area contributed by atoms with Gasteiger partial charge in [0.15, 0.2) is 0 Å². The maximum absolute atomic E-state index is 6.59. The van der Waals surface area contributed by atoms with Gasteiger partial charge in [0.2, 0.25) is 0 Å². The minimum absolute atomic E-state index is 0.171. The van der Waals surface area contributed by atoms with Crippen molar-refractivity contribution in [3.63, 3.8) is 0 Å². The second kappa shape index (κ2) is 8.49. The fourth-order valence-corrected chi connectivity index (χ4v) is 5.07. The van der Waals surface area contributed by atoms with E-state index in [9.17, 15) is 0 Å². The lowest BCUT2D eigenvalue weighted by molar-refractivity contribution is 0.306. The summed E-state index contributed by atoms with van der Waals surface area (Å²) in [6.45, 7) is 0.510. The van der Waals surface area contributed by atoms with Crippen molar-refractivity contribution in [2.45, 2.75) is 25.0 Å². The highest BCUT2D eigenvalue weighted by molar-refractivity contribution is 6.32. The van der Waals surface area contributed by atoms with E-state index in [0.29, 0.717) is 12.5 Å². The molecule has 0 aromatic heterocycles. The average Bonchev–Trinajstić information content (AvgIpc) is 3.29. The first kappa shape index (κ1) is 20.3. The molecular weight excluding hydrogens is 429 g/mol. The summed E-state index contributed by atoms with van der Waals surface area (Å²) in [7, 11) is 1.70. The maximum Gasteiger partial charge on any atom is 0.142 e. The van der Waals surface area contributed by atoms with E-state index < -0.39 is 0 Å². The van der Waals surface area contributed by atoms with E-state index >= 15 is 0 Å². The van der Waals surface area contributed by atoms with Gasteiger partial charge in [-0.05, 0) is 59.9 Å². The lowest BCUT2D eigenvalue weighted by atomic mass is 9.77. The predicted octanol–water partition coefficient (Wildman–Crippen LogP) is 7.41. The minimum atomic E-state index is 0.171. The number of allylic oxidation sites excluding steroid dienone is 2. The second-order valence-electron chi connectivity index (χ2n) is 8.00. The standard InChI is InChI=1S/C26H23Cl2NO2/c1-30-23-14-13-22(28)24-20-3-2-4-21(20)25(29-26(23)24)17-7-11-19(12-8-17)31-15-16-5-9-18(27)10-6-16/h2-3,5-14,20-21,25,29H,4,15H2,1H3/t20?,21?,25-/m1/s1. The summed E-state index contributed by atoms with van der Waals surface area (Å²) in [4.78, 5) is 0. The molecule has 1 N–H and O–H groups in total. The number of hydrogen-bond acceptors (Lipinski definition) is 3. The molecule has 0 bridgehead atoms. The number of halogens is 2. The fraction of sp³-hybridized carbons (Fsp3) is 0.231. The summed E-state index contributed by atoms with van der Waals surface area (Å²) in [5.41, 5.74) is 4.45. The summed E-state index contributed by atoms with van der Waals surface area (Å²) in [5.74, 6) is 2.37. The topological polar surface area (TPSA) is 30.5 Å². The summed E-state index contributed by atoms with van der Waals surface area (Å²) in [6, 6.07) is 20.1. The van der Waals surface area contributed by atoms with Crippen molar-refractivity contribution in [2.75, 3.05) is 12.4 Å². The molecule has 2 unspecified atom stereocenters. The van der Waals surface area contributed by atoms with Gasteiger partial charge in [-0.15, -0.1) is 0 Å². The first-order valence-electron chi connectivity index (χ1n) is 10.4. The highest BCUT2D eigenvalue weighted by atomic mass is 35.5. The highest BCUT2D eigenvalue weighted by Crippen LogP contribution is 2.54. The van der Waals surface area contributed by atoms with Crippen LogP contribution in [0.15, 0.2) is 72.8 Å². The Kier molecular flexibility index (Phi) is 5.56. The molecule has 0 saturated carbocycles. The Morgan fingerprint density at radius 1 is 0.968 bits per heavy atom. The summed E-state index contributed by atoms with van der Waals surface area (Å²) in [6.07, 6.45) is 5.56. The predicted molar refractivity (Wildman–Crippen MR) is 127 cm³/mol. The van der Waals surface area contributed by atoms with Crippen molar-refractivity contribution in [3.8, 4) is 11.5 Å². The molecule has 3 atom stereocenters. The molecule has 2 aliphatic rings. The van der Waals surface area contributed by atoms with Gasteiger partial charge in [0, 0.05) is 21.5 Å². The fourth-order valence-electron chi connectivity index (χ4n) is 4.66. The average molecular weight is 452 g/mol. The van der Waals surface area contributed by atoms with Gasteiger partial charge in [-0.1, -0.05) is 59.6 Å². The van der Waals surface area contributed by atoms with Gasteiger partial charge < -0.3 is 14.8 Å². The molecule has 1 aliphatic carbocycles. The number of nitrogens with one attached hydrogen (secondary N) is 1. The number of ether oxygens (including phenoxy) is 2. The van der Waals surface area contributed by atoms with E-state index in [1.807, 2.05) is 48.5 Å². The normalized spacial score (nSPS) is 21.2. The number of benzene rings is 3. The molecule has 0 fully saturated rings. The molecule has 3 aromatic rings. The molecule has 3 aromatic carbocycles. The molecular formula is C26H23Cl2NO2. The first-order chi connectivity index (χ1) is 15.1. The second-order valence-corrected chi connectivity index (χ2v) is 8.84. The lowest BCUT2D eigenvalue weighted by Gasteiger charge is -2.38. The monoisotopic (exact) mass is 451 g/mol. The molecule has 0 spiro atoms. The lowest BCUT2D eigenvalue weighted by Crippen LogP contribution is -2.29. The van der Waals surface area contributed by atoms with Crippen LogP contribution in [0.2, 0.25) is 10.0 Å². The molecule has 158 valence electrons. The zero-order chi connectivity index (χ0) is 21.4. The van der Waals surface area contributed by atoms with E-state index in [2.05, 4.69) is 29.6 Å². The van der Waals surface area contributed by atoms with Crippen LogP contribution in [0.4, 0.5) is 5.69 Å².